The number of aliphatic carboxylic acids is 1. The van der Waals surface area contributed by atoms with E-state index in [-0.39, 0.29) is 17.1 Å². The number of piperazine rings is 1. The molecule has 1 aromatic heterocycles. The number of primary amides is 1. The summed E-state index contributed by atoms with van der Waals surface area (Å²) in [5, 5.41) is 17.4. The zero-order valence-corrected chi connectivity index (χ0v) is 22.9. The van der Waals surface area contributed by atoms with Crippen LogP contribution in [0.5, 0.6) is 0 Å². The Kier molecular flexibility index (Phi) is 9.43. The van der Waals surface area contributed by atoms with Crippen molar-refractivity contribution >= 4 is 29.2 Å². The average Bonchev–Trinajstić information content (AvgIpc) is 2.93. The number of carboxylic acids is 1. The molecule has 0 bridgehead atoms. The normalized spacial score (nSPS) is 15.3. The molecule has 0 radical (unpaired) electrons. The quantitative estimate of drug-likeness (QED) is 0.316. The molecule has 6 N–H and O–H groups in total. The molecule has 0 saturated carbocycles. The van der Waals surface area contributed by atoms with Gasteiger partial charge in [0.1, 0.15) is 0 Å². The predicted octanol–water partition coefficient (Wildman–Crippen LogP) is 3.54. The van der Waals surface area contributed by atoms with Gasteiger partial charge in [0.05, 0.1) is 11.9 Å². The summed E-state index contributed by atoms with van der Waals surface area (Å²) in [5.74, 6) is -4.06. The first-order chi connectivity index (χ1) is 19.9. The summed E-state index contributed by atoms with van der Waals surface area (Å²) in [4.78, 5) is 33.6. The Morgan fingerprint density at radius 1 is 0.907 bits per heavy atom. The number of hydrogen-bond acceptors (Lipinski definition) is 8. The molecule has 1 atom stereocenters. The van der Waals surface area contributed by atoms with Gasteiger partial charge < -0.3 is 31.5 Å². The number of nitrogens with two attached hydrogens (primary N) is 2. The fourth-order valence-corrected chi connectivity index (χ4v) is 4.40. The number of rotatable bonds is 5. The summed E-state index contributed by atoms with van der Waals surface area (Å²) in [6.07, 6.45) is -9.04. The number of amides is 1. The number of aryl methyl sites for hydroxylation is 2. The van der Waals surface area contributed by atoms with Gasteiger partial charge in [-0.25, -0.2) is 14.8 Å². The molecule has 10 nitrogen and oxygen atoms in total. The van der Waals surface area contributed by atoms with E-state index in [4.69, 9.17) is 21.4 Å². The highest BCUT2D eigenvalue weighted by molar-refractivity contribution is 5.86. The van der Waals surface area contributed by atoms with Crippen LogP contribution >= 0.6 is 0 Å². The van der Waals surface area contributed by atoms with Crippen LogP contribution in [0.3, 0.4) is 0 Å². The second kappa shape index (κ2) is 12.3. The van der Waals surface area contributed by atoms with E-state index in [9.17, 15) is 36.2 Å². The molecule has 16 heteroatoms. The number of carbonyl (C=O) groups excluding carboxylic acids is 1. The van der Waals surface area contributed by atoms with Crippen LogP contribution in [0.1, 0.15) is 16.7 Å². The predicted molar refractivity (Wildman–Crippen MR) is 145 cm³/mol. The highest BCUT2D eigenvalue weighted by Crippen LogP contribution is 2.40. The smallest absolute Gasteiger partial charge is 0.475 e. The first kappa shape index (κ1) is 32.9. The molecule has 3 aromatic rings. The van der Waals surface area contributed by atoms with Crippen molar-refractivity contribution in [2.75, 3.05) is 41.7 Å². The number of benzene rings is 2. The van der Waals surface area contributed by atoms with Crippen molar-refractivity contribution in [3.05, 3.63) is 65.4 Å². The minimum absolute atomic E-state index is 0.195. The first-order valence-corrected chi connectivity index (χ1v) is 12.6. The van der Waals surface area contributed by atoms with Crippen molar-refractivity contribution in [1.29, 1.82) is 0 Å². The van der Waals surface area contributed by atoms with Gasteiger partial charge in [-0.1, -0.05) is 30.3 Å². The molecule has 1 fully saturated rings. The van der Waals surface area contributed by atoms with E-state index in [0.717, 1.165) is 30.9 Å². The molecule has 1 saturated heterocycles. The monoisotopic (exact) mass is 614 g/mol. The van der Waals surface area contributed by atoms with Gasteiger partial charge in [-0.2, -0.15) is 26.3 Å². The van der Waals surface area contributed by atoms with Gasteiger partial charge in [-0.3, -0.25) is 4.79 Å². The Morgan fingerprint density at radius 2 is 1.47 bits per heavy atom. The molecule has 43 heavy (non-hydrogen) atoms. The zero-order valence-electron chi connectivity index (χ0n) is 22.9. The number of hydrogen-bond donors (Lipinski definition) is 4. The third-order valence-electron chi connectivity index (χ3n) is 6.76. The van der Waals surface area contributed by atoms with Crippen LogP contribution in [0.15, 0.2) is 48.7 Å². The Morgan fingerprint density at radius 3 is 1.98 bits per heavy atom. The maximum absolute atomic E-state index is 13.6. The van der Waals surface area contributed by atoms with Gasteiger partial charge in [0.25, 0.3) is 11.5 Å². The Bertz CT molecular complexity index is 1490. The fourth-order valence-electron chi connectivity index (χ4n) is 4.40. The molecular weight excluding hydrogens is 586 g/mol. The molecule has 0 spiro atoms. The molecular formula is C27H28F6N6O4. The van der Waals surface area contributed by atoms with Crippen LogP contribution in [0.25, 0.3) is 11.3 Å². The topological polar surface area (TPSA) is 159 Å². The third-order valence-corrected chi connectivity index (χ3v) is 6.76. The van der Waals surface area contributed by atoms with Crippen LogP contribution in [0, 0.1) is 13.8 Å². The molecule has 2 aromatic carbocycles. The maximum Gasteiger partial charge on any atom is 0.490 e. The zero-order chi connectivity index (χ0) is 32.3. The van der Waals surface area contributed by atoms with Crippen LogP contribution < -0.4 is 21.3 Å². The van der Waals surface area contributed by atoms with E-state index < -0.39 is 35.4 Å². The van der Waals surface area contributed by atoms with Crippen molar-refractivity contribution in [2.24, 2.45) is 5.73 Å². The standard InChI is InChI=1S/C25H27F3N6O2.C2HF3O2/c1-15-7-8-17(24(36,23(30)35)25(26,27)28)13-18(15)19-14-31-21(29)22(32-19)34-11-9-33(10-12-34)20-6-4-3-5-16(20)2;3-2(4,5)1(6)7/h3-8,13-14,36H,9-12H2,1-2H3,(H2,29,31)(H2,30,35);(H,6,7). The molecule has 1 aliphatic rings. The number of nitrogen functional groups attached to an aromatic ring is 1. The summed E-state index contributed by atoms with van der Waals surface area (Å²) in [6.45, 7) is 6.41. The van der Waals surface area contributed by atoms with Gasteiger partial charge in [0.15, 0.2) is 11.6 Å². The van der Waals surface area contributed by atoms with Crippen LogP contribution in [-0.2, 0) is 15.2 Å². The number of para-hydroxylation sites is 1. The van der Waals surface area contributed by atoms with Crippen LogP contribution in [-0.4, -0.2) is 70.6 Å². The first-order valence-electron chi connectivity index (χ1n) is 12.6. The van der Waals surface area contributed by atoms with E-state index in [1.54, 1.807) is 6.92 Å². The molecule has 232 valence electrons. The third kappa shape index (κ3) is 7.07. The molecule has 1 aliphatic heterocycles. The Labute approximate surface area is 241 Å². The van der Waals surface area contributed by atoms with Gasteiger partial charge in [-0.05, 0) is 37.1 Å². The number of nitrogens with zero attached hydrogens (tertiary/aromatic N) is 4. The number of carboxylic acid groups (broad SMARTS) is 1. The molecule has 1 unspecified atom stereocenters. The van der Waals surface area contributed by atoms with E-state index in [1.165, 1.54) is 17.8 Å². The highest BCUT2D eigenvalue weighted by Gasteiger charge is 2.60. The fraction of sp³-hybridized carbons (Fsp3) is 0.333. The lowest BCUT2D eigenvalue weighted by atomic mass is 9.89. The maximum atomic E-state index is 13.6. The van der Waals surface area contributed by atoms with E-state index >= 15 is 0 Å². The second-order valence-electron chi connectivity index (χ2n) is 9.63. The summed E-state index contributed by atoms with van der Waals surface area (Å²) in [7, 11) is 0. The number of anilines is 3. The van der Waals surface area contributed by atoms with Gasteiger partial charge in [0, 0.05) is 43.0 Å². The van der Waals surface area contributed by atoms with Crippen LogP contribution in [0.2, 0.25) is 0 Å². The van der Waals surface area contributed by atoms with Crippen molar-refractivity contribution in [3.8, 4) is 11.3 Å². The number of aromatic nitrogens is 2. The van der Waals surface area contributed by atoms with Gasteiger partial charge in [-0.15, -0.1) is 0 Å². The molecule has 2 heterocycles. The lowest BCUT2D eigenvalue weighted by Crippen LogP contribution is -2.52. The lowest BCUT2D eigenvalue weighted by molar-refractivity contribution is -0.255. The van der Waals surface area contributed by atoms with Gasteiger partial charge in [0.2, 0.25) is 0 Å². The lowest BCUT2D eigenvalue weighted by Gasteiger charge is -2.37. The Balaban J connectivity index is 0.000000646. The van der Waals surface area contributed by atoms with Crippen LogP contribution in [0.4, 0.5) is 43.7 Å². The van der Waals surface area contributed by atoms with E-state index in [1.807, 2.05) is 17.0 Å². The van der Waals surface area contributed by atoms with Crippen molar-refractivity contribution < 1.29 is 46.1 Å². The minimum atomic E-state index is -5.31. The summed E-state index contributed by atoms with van der Waals surface area (Å²) < 4.78 is 72.6. The number of alkyl halides is 6. The highest BCUT2D eigenvalue weighted by atomic mass is 19.4. The summed E-state index contributed by atoms with van der Waals surface area (Å²) >= 11 is 0. The number of halogens is 6. The summed E-state index contributed by atoms with van der Waals surface area (Å²) in [5.41, 5.74) is 9.97. The van der Waals surface area contributed by atoms with E-state index in [2.05, 4.69) is 33.9 Å². The van der Waals surface area contributed by atoms with Crippen molar-refractivity contribution in [2.45, 2.75) is 31.8 Å². The van der Waals surface area contributed by atoms with Crippen molar-refractivity contribution in [3.63, 3.8) is 0 Å². The minimum Gasteiger partial charge on any atom is -0.475 e. The molecule has 1 amide bonds. The summed E-state index contributed by atoms with van der Waals surface area (Å²) in [6, 6.07) is 11.6. The largest absolute Gasteiger partial charge is 0.490 e. The average molecular weight is 615 g/mol. The number of aliphatic hydroxyl groups is 1. The Hall–Kier alpha value is -4.60. The second-order valence-corrected chi connectivity index (χ2v) is 9.63. The number of carbonyl (C=O) groups is 2. The van der Waals surface area contributed by atoms with Gasteiger partial charge >= 0.3 is 18.3 Å². The van der Waals surface area contributed by atoms with Crippen molar-refractivity contribution in [1.82, 2.24) is 9.97 Å². The van der Waals surface area contributed by atoms with E-state index in [0.29, 0.717) is 24.5 Å². The molecule has 0 aliphatic carbocycles. The molecule has 4 rings (SSSR count). The SMILES string of the molecule is Cc1ccc(C(O)(C(N)=O)C(F)(F)F)cc1-c1cnc(N)c(N2CCN(c3ccccc3C)CC2)n1.O=C(O)C(F)(F)F.